The van der Waals surface area contributed by atoms with Gasteiger partial charge in [0.25, 0.3) is 0 Å². The minimum Gasteiger partial charge on any atom is -0.493 e. The molecule has 0 aromatic heterocycles. The van der Waals surface area contributed by atoms with Crippen molar-refractivity contribution in [2.24, 2.45) is 0 Å². The normalized spacial score (nSPS) is 13.9. The number of carbonyl (C=O) groups is 1. The largest absolute Gasteiger partial charge is 0.493 e. The van der Waals surface area contributed by atoms with E-state index in [9.17, 15) is 4.79 Å². The van der Waals surface area contributed by atoms with Crippen molar-refractivity contribution in [3.05, 3.63) is 42.5 Å². The second-order valence-electron chi connectivity index (χ2n) is 6.42. The van der Waals surface area contributed by atoms with Gasteiger partial charge >= 0.3 is 0 Å². The van der Waals surface area contributed by atoms with Gasteiger partial charge in [-0.2, -0.15) is 0 Å². The topological polar surface area (TPSA) is 50.8 Å². The van der Waals surface area contributed by atoms with Crippen molar-refractivity contribution in [1.29, 1.82) is 0 Å². The summed E-state index contributed by atoms with van der Waals surface area (Å²) in [5.74, 6) is 1.67. The first kappa shape index (κ1) is 19.4. The predicted molar refractivity (Wildman–Crippen MR) is 111 cm³/mol. The summed E-state index contributed by atoms with van der Waals surface area (Å²) >= 11 is 1.48. The van der Waals surface area contributed by atoms with Gasteiger partial charge in [0.1, 0.15) is 0 Å². The van der Waals surface area contributed by atoms with Crippen molar-refractivity contribution in [3.63, 3.8) is 0 Å². The minimum atomic E-state index is -0.0146. The average Bonchev–Trinajstić information content (AvgIpc) is 2.73. The number of anilines is 2. The van der Waals surface area contributed by atoms with E-state index < -0.39 is 0 Å². The molecule has 5 nitrogen and oxygen atoms in total. The van der Waals surface area contributed by atoms with Crippen molar-refractivity contribution in [1.82, 2.24) is 0 Å². The zero-order valence-electron chi connectivity index (χ0n) is 15.9. The van der Waals surface area contributed by atoms with Gasteiger partial charge < -0.3 is 19.7 Å². The summed E-state index contributed by atoms with van der Waals surface area (Å²) in [5.41, 5.74) is 2.00. The molecule has 1 aliphatic heterocycles. The number of hydrogen-bond donors (Lipinski definition) is 1. The number of methoxy groups -OCH3 is 2. The fourth-order valence-electron chi connectivity index (χ4n) is 3.23. The molecule has 1 fully saturated rings. The molecule has 2 aromatic carbocycles. The van der Waals surface area contributed by atoms with Gasteiger partial charge in [0.2, 0.25) is 5.91 Å². The molecule has 0 spiro atoms. The lowest BCUT2D eigenvalue weighted by molar-refractivity contribution is -0.113. The van der Waals surface area contributed by atoms with E-state index in [4.69, 9.17) is 9.47 Å². The van der Waals surface area contributed by atoms with Gasteiger partial charge in [0.05, 0.1) is 31.3 Å². The molecule has 0 unspecified atom stereocenters. The Morgan fingerprint density at radius 3 is 2.52 bits per heavy atom. The Morgan fingerprint density at radius 1 is 1.04 bits per heavy atom. The van der Waals surface area contributed by atoms with Crippen LogP contribution in [0.2, 0.25) is 0 Å². The third kappa shape index (κ3) is 5.10. The number of hydrogen-bond acceptors (Lipinski definition) is 5. The fraction of sp³-hybridized carbons (Fsp3) is 0.381. The lowest BCUT2D eigenvalue weighted by Crippen LogP contribution is -2.30. The fourth-order valence-corrected chi connectivity index (χ4v) is 3.96. The van der Waals surface area contributed by atoms with E-state index in [1.165, 1.54) is 31.0 Å². The molecule has 6 heteroatoms. The summed E-state index contributed by atoms with van der Waals surface area (Å²) < 4.78 is 10.6. The molecule has 1 saturated heterocycles. The summed E-state index contributed by atoms with van der Waals surface area (Å²) in [6, 6.07) is 13.7. The molecule has 1 amide bonds. The van der Waals surface area contributed by atoms with Crippen LogP contribution in [0, 0.1) is 0 Å². The van der Waals surface area contributed by atoms with Gasteiger partial charge in [-0.05, 0) is 49.6 Å². The Bertz CT molecular complexity index is 776. The molecular formula is C21H26N2O3S. The molecular weight excluding hydrogens is 360 g/mol. The highest BCUT2D eigenvalue weighted by atomic mass is 32.2. The van der Waals surface area contributed by atoms with E-state index in [2.05, 4.69) is 16.3 Å². The number of ether oxygens (including phenoxy) is 2. The Morgan fingerprint density at radius 2 is 1.78 bits per heavy atom. The second-order valence-corrected chi connectivity index (χ2v) is 7.47. The first-order valence-corrected chi connectivity index (χ1v) is 10.2. The van der Waals surface area contributed by atoms with Gasteiger partial charge in [-0.25, -0.2) is 0 Å². The molecule has 0 saturated carbocycles. The highest BCUT2D eigenvalue weighted by Crippen LogP contribution is 2.32. The number of nitrogens with one attached hydrogen (secondary N) is 1. The van der Waals surface area contributed by atoms with Gasteiger partial charge in [-0.15, -0.1) is 11.8 Å². The van der Waals surface area contributed by atoms with Gasteiger partial charge in [-0.1, -0.05) is 12.1 Å². The van der Waals surface area contributed by atoms with E-state index in [0.29, 0.717) is 17.3 Å². The quantitative estimate of drug-likeness (QED) is 0.714. The maximum atomic E-state index is 12.5. The highest BCUT2D eigenvalue weighted by Gasteiger charge is 2.15. The number of para-hydroxylation sites is 2. The third-order valence-electron chi connectivity index (χ3n) is 4.60. The molecule has 0 bridgehead atoms. The second kappa shape index (κ2) is 9.55. The van der Waals surface area contributed by atoms with E-state index in [1.807, 2.05) is 36.4 Å². The highest BCUT2D eigenvalue weighted by molar-refractivity contribution is 8.00. The Kier molecular flexibility index (Phi) is 6.87. The molecule has 1 N–H and O–H groups in total. The Balaban J connectivity index is 1.61. The summed E-state index contributed by atoms with van der Waals surface area (Å²) in [5, 5.41) is 3.07. The monoisotopic (exact) mass is 386 g/mol. The van der Waals surface area contributed by atoms with E-state index in [0.717, 1.165) is 29.4 Å². The van der Waals surface area contributed by atoms with Crippen LogP contribution in [0.1, 0.15) is 19.3 Å². The third-order valence-corrected chi connectivity index (χ3v) is 5.59. The molecule has 3 rings (SSSR count). The van der Waals surface area contributed by atoms with Crippen molar-refractivity contribution in [2.75, 3.05) is 43.3 Å². The van der Waals surface area contributed by atoms with Crippen molar-refractivity contribution >= 4 is 29.0 Å². The van der Waals surface area contributed by atoms with Gasteiger partial charge in [0.15, 0.2) is 11.5 Å². The number of rotatable bonds is 7. The number of piperidine rings is 1. The summed E-state index contributed by atoms with van der Waals surface area (Å²) in [7, 11) is 3.22. The molecule has 1 aliphatic rings. The molecule has 0 aliphatic carbocycles. The van der Waals surface area contributed by atoms with Gasteiger partial charge in [-0.3, -0.25) is 4.79 Å². The first-order chi connectivity index (χ1) is 13.2. The maximum Gasteiger partial charge on any atom is 0.234 e. The standard InChI is InChI=1S/C21H26N2O3S/c1-25-19-11-10-16(14-20(19)26-2)27-15-21(24)22-17-8-4-5-9-18(17)23-12-6-3-7-13-23/h4-5,8-11,14H,3,6-7,12-13,15H2,1-2H3,(H,22,24). The van der Waals surface area contributed by atoms with Crippen LogP contribution in [-0.4, -0.2) is 39.0 Å². The van der Waals surface area contributed by atoms with Crippen molar-refractivity contribution in [2.45, 2.75) is 24.2 Å². The predicted octanol–water partition coefficient (Wildman–Crippen LogP) is 4.42. The Hall–Kier alpha value is -2.34. The molecule has 144 valence electrons. The van der Waals surface area contributed by atoms with Gasteiger partial charge in [0, 0.05) is 18.0 Å². The van der Waals surface area contributed by atoms with Crippen LogP contribution in [0.25, 0.3) is 0 Å². The zero-order valence-corrected chi connectivity index (χ0v) is 16.7. The summed E-state index contributed by atoms with van der Waals surface area (Å²) in [4.78, 5) is 15.8. The van der Waals surface area contributed by atoms with E-state index >= 15 is 0 Å². The molecule has 0 radical (unpaired) electrons. The molecule has 0 atom stereocenters. The maximum absolute atomic E-state index is 12.5. The SMILES string of the molecule is COc1ccc(SCC(=O)Nc2ccccc2N2CCCCC2)cc1OC. The average molecular weight is 387 g/mol. The number of carbonyl (C=O) groups excluding carboxylic acids is 1. The smallest absolute Gasteiger partial charge is 0.234 e. The van der Waals surface area contributed by atoms with Crippen LogP contribution < -0.4 is 19.7 Å². The molecule has 2 aromatic rings. The summed E-state index contributed by atoms with van der Waals surface area (Å²) in [6.07, 6.45) is 3.70. The van der Waals surface area contributed by atoms with E-state index in [1.54, 1.807) is 14.2 Å². The Labute approximate surface area is 165 Å². The summed E-state index contributed by atoms with van der Waals surface area (Å²) in [6.45, 7) is 2.10. The molecule has 27 heavy (non-hydrogen) atoms. The van der Waals surface area contributed by atoms with Crippen molar-refractivity contribution < 1.29 is 14.3 Å². The number of amides is 1. The van der Waals surface area contributed by atoms with Crippen LogP contribution >= 0.6 is 11.8 Å². The van der Waals surface area contributed by atoms with Crippen LogP contribution in [0.3, 0.4) is 0 Å². The van der Waals surface area contributed by atoms with Crippen LogP contribution in [0.4, 0.5) is 11.4 Å². The first-order valence-electron chi connectivity index (χ1n) is 9.20. The number of benzene rings is 2. The molecule has 1 heterocycles. The minimum absolute atomic E-state index is 0.0146. The lowest BCUT2D eigenvalue weighted by atomic mass is 10.1. The van der Waals surface area contributed by atoms with Crippen LogP contribution in [0.15, 0.2) is 47.4 Å². The van der Waals surface area contributed by atoms with Crippen molar-refractivity contribution in [3.8, 4) is 11.5 Å². The van der Waals surface area contributed by atoms with Crippen LogP contribution in [0.5, 0.6) is 11.5 Å². The lowest BCUT2D eigenvalue weighted by Gasteiger charge is -2.30. The van der Waals surface area contributed by atoms with E-state index in [-0.39, 0.29) is 5.91 Å². The number of thioether (sulfide) groups is 1. The zero-order chi connectivity index (χ0) is 19.1. The van der Waals surface area contributed by atoms with Crippen LogP contribution in [-0.2, 0) is 4.79 Å². The number of nitrogens with zero attached hydrogens (tertiary/aromatic N) is 1.